The first-order valence-electron chi connectivity index (χ1n) is 5.78. The molecule has 3 N–H and O–H groups in total. The number of anilines is 1. The van der Waals surface area contributed by atoms with Crippen molar-refractivity contribution < 1.29 is 19.1 Å². The van der Waals surface area contributed by atoms with Crippen molar-refractivity contribution in [1.29, 1.82) is 0 Å². The van der Waals surface area contributed by atoms with Crippen molar-refractivity contribution in [3.05, 3.63) is 16.0 Å². The van der Waals surface area contributed by atoms with E-state index in [0.717, 1.165) is 24.2 Å². The van der Waals surface area contributed by atoms with Gasteiger partial charge in [0.15, 0.2) is 0 Å². The molecular weight excluding hydrogens is 268 g/mol. The second-order valence-electron chi connectivity index (χ2n) is 4.38. The quantitative estimate of drug-likeness (QED) is 0.813. The van der Waals surface area contributed by atoms with E-state index in [1.165, 1.54) is 7.11 Å². The lowest BCUT2D eigenvalue weighted by Crippen LogP contribution is -2.18. The molecule has 7 heteroatoms. The highest BCUT2D eigenvalue weighted by atomic mass is 32.1. The molecule has 1 saturated carbocycles. The highest BCUT2D eigenvalue weighted by Gasteiger charge is 2.32. The number of carbonyl (C=O) groups is 3. The van der Waals surface area contributed by atoms with Crippen LogP contribution in [0.1, 0.15) is 38.4 Å². The van der Waals surface area contributed by atoms with Gasteiger partial charge in [-0.2, -0.15) is 0 Å². The molecule has 1 aliphatic rings. The summed E-state index contributed by atoms with van der Waals surface area (Å²) in [5.74, 6) is -1.35. The molecule has 1 aromatic heterocycles. The van der Waals surface area contributed by atoms with E-state index in [0.29, 0.717) is 10.6 Å². The van der Waals surface area contributed by atoms with Gasteiger partial charge < -0.3 is 15.8 Å². The topological polar surface area (TPSA) is 98.5 Å². The molecule has 2 amide bonds. The third-order valence-corrected chi connectivity index (χ3v) is 4.14. The maximum Gasteiger partial charge on any atom is 0.348 e. The first-order chi connectivity index (χ1) is 8.95. The molecule has 0 unspecified atom stereocenters. The molecule has 1 heterocycles. The lowest BCUT2D eigenvalue weighted by Gasteiger charge is -2.03. The Bertz CT molecular complexity index is 560. The fourth-order valence-electron chi connectivity index (χ4n) is 1.75. The summed E-state index contributed by atoms with van der Waals surface area (Å²) in [5.41, 5.74) is 5.92. The van der Waals surface area contributed by atoms with Gasteiger partial charge in [0, 0.05) is 5.92 Å². The zero-order valence-electron chi connectivity index (χ0n) is 10.6. The van der Waals surface area contributed by atoms with Gasteiger partial charge in [-0.25, -0.2) is 4.79 Å². The predicted octanol–water partition coefficient (Wildman–Crippen LogP) is 1.29. The van der Waals surface area contributed by atoms with Crippen molar-refractivity contribution in [2.24, 2.45) is 11.7 Å². The number of methoxy groups -OCH3 is 1. The molecule has 0 bridgehead atoms. The Morgan fingerprint density at radius 3 is 2.47 bits per heavy atom. The van der Waals surface area contributed by atoms with E-state index in [9.17, 15) is 14.4 Å². The minimum atomic E-state index is -0.671. The van der Waals surface area contributed by atoms with E-state index < -0.39 is 11.9 Å². The summed E-state index contributed by atoms with van der Waals surface area (Å²) in [4.78, 5) is 35.1. The zero-order chi connectivity index (χ0) is 14.2. The molecule has 19 heavy (non-hydrogen) atoms. The van der Waals surface area contributed by atoms with Crippen LogP contribution in [0.5, 0.6) is 0 Å². The molecule has 0 spiro atoms. The fraction of sp³-hybridized carbons (Fsp3) is 0.417. The van der Waals surface area contributed by atoms with Crippen LogP contribution in [0.15, 0.2) is 0 Å². The molecule has 0 aliphatic heterocycles. The summed E-state index contributed by atoms with van der Waals surface area (Å²) in [7, 11) is 1.26. The van der Waals surface area contributed by atoms with Crippen LogP contribution >= 0.6 is 11.3 Å². The average molecular weight is 282 g/mol. The minimum Gasteiger partial charge on any atom is -0.465 e. The number of primary amides is 1. The van der Waals surface area contributed by atoms with E-state index in [2.05, 4.69) is 10.1 Å². The zero-order valence-corrected chi connectivity index (χ0v) is 11.4. The molecule has 1 aliphatic carbocycles. The molecule has 0 radical (unpaired) electrons. The van der Waals surface area contributed by atoms with Gasteiger partial charge in [-0.1, -0.05) is 0 Å². The number of nitrogens with two attached hydrogens (primary N) is 1. The largest absolute Gasteiger partial charge is 0.465 e. The van der Waals surface area contributed by atoms with Crippen LogP contribution in [0.4, 0.5) is 5.00 Å². The van der Waals surface area contributed by atoms with Gasteiger partial charge in [0.1, 0.15) is 9.88 Å². The molecule has 2 rings (SSSR count). The summed E-state index contributed by atoms with van der Waals surface area (Å²) < 4.78 is 4.64. The highest BCUT2D eigenvalue weighted by molar-refractivity contribution is 7.18. The molecule has 1 aromatic rings. The van der Waals surface area contributed by atoms with Gasteiger partial charge in [0.2, 0.25) is 5.91 Å². The lowest BCUT2D eigenvalue weighted by molar-refractivity contribution is -0.117. The molecule has 0 atom stereocenters. The molecule has 1 fully saturated rings. The summed E-state index contributed by atoms with van der Waals surface area (Å²) in [6.07, 6.45) is 1.71. The third-order valence-electron chi connectivity index (χ3n) is 2.95. The van der Waals surface area contributed by atoms with Crippen molar-refractivity contribution in [3.63, 3.8) is 0 Å². The Hall–Kier alpha value is -1.89. The van der Waals surface area contributed by atoms with Gasteiger partial charge in [0.25, 0.3) is 5.91 Å². The van der Waals surface area contributed by atoms with Crippen LogP contribution in [0.25, 0.3) is 0 Å². The van der Waals surface area contributed by atoms with Gasteiger partial charge in [0.05, 0.1) is 12.7 Å². The SMILES string of the molecule is COC(=O)c1sc(NC(=O)C2CC2)c(C(N)=O)c1C. The molecule has 0 saturated heterocycles. The highest BCUT2D eigenvalue weighted by Crippen LogP contribution is 2.36. The number of ether oxygens (including phenoxy) is 1. The van der Waals surface area contributed by atoms with Gasteiger partial charge in [-0.3, -0.25) is 9.59 Å². The minimum absolute atomic E-state index is 0.00436. The number of amides is 2. The lowest BCUT2D eigenvalue weighted by atomic mass is 10.1. The summed E-state index contributed by atoms with van der Waals surface area (Å²) in [6.45, 7) is 1.61. The maximum absolute atomic E-state index is 11.7. The first kappa shape index (κ1) is 13.5. The van der Waals surface area contributed by atoms with Crippen LogP contribution in [0.3, 0.4) is 0 Å². The Kier molecular flexibility index (Phi) is 3.57. The van der Waals surface area contributed by atoms with Crippen LogP contribution < -0.4 is 11.1 Å². The number of nitrogens with one attached hydrogen (secondary N) is 1. The van der Waals surface area contributed by atoms with Crippen molar-refractivity contribution in [2.45, 2.75) is 19.8 Å². The summed E-state index contributed by atoms with van der Waals surface area (Å²) >= 11 is 1.01. The Balaban J connectivity index is 2.37. The van der Waals surface area contributed by atoms with E-state index in [-0.39, 0.29) is 22.3 Å². The van der Waals surface area contributed by atoms with Crippen molar-refractivity contribution in [3.8, 4) is 0 Å². The first-order valence-corrected chi connectivity index (χ1v) is 6.59. The fourth-order valence-corrected chi connectivity index (χ4v) is 2.88. The smallest absolute Gasteiger partial charge is 0.348 e. The second kappa shape index (κ2) is 5.00. The number of rotatable bonds is 4. The Labute approximate surface area is 113 Å². The Morgan fingerprint density at radius 1 is 1.37 bits per heavy atom. The second-order valence-corrected chi connectivity index (χ2v) is 5.40. The number of hydrogen-bond donors (Lipinski definition) is 2. The molecule has 0 aromatic carbocycles. The van der Waals surface area contributed by atoms with E-state index in [4.69, 9.17) is 5.73 Å². The molecule has 102 valence electrons. The summed E-state index contributed by atoms with van der Waals surface area (Å²) in [5, 5.41) is 2.99. The number of hydrogen-bond acceptors (Lipinski definition) is 5. The van der Waals surface area contributed by atoms with Crippen LogP contribution in [0.2, 0.25) is 0 Å². The van der Waals surface area contributed by atoms with Crippen LogP contribution in [0, 0.1) is 12.8 Å². The van der Waals surface area contributed by atoms with Gasteiger partial charge >= 0.3 is 5.97 Å². The monoisotopic (exact) mass is 282 g/mol. The predicted molar refractivity (Wildman–Crippen MR) is 70.3 cm³/mol. The van der Waals surface area contributed by atoms with Crippen LogP contribution in [-0.2, 0) is 9.53 Å². The van der Waals surface area contributed by atoms with Crippen molar-refractivity contribution >= 4 is 34.1 Å². The Morgan fingerprint density at radius 2 is 2.00 bits per heavy atom. The van der Waals surface area contributed by atoms with E-state index >= 15 is 0 Å². The number of carbonyl (C=O) groups excluding carboxylic acids is 3. The van der Waals surface area contributed by atoms with Crippen molar-refractivity contribution in [2.75, 3.05) is 12.4 Å². The number of thiophene rings is 1. The van der Waals surface area contributed by atoms with E-state index in [1.807, 2.05) is 0 Å². The van der Waals surface area contributed by atoms with Crippen molar-refractivity contribution in [1.82, 2.24) is 0 Å². The normalized spacial score (nSPS) is 14.0. The molecular formula is C12H14N2O4S. The third kappa shape index (κ3) is 2.60. The number of esters is 1. The van der Waals surface area contributed by atoms with Gasteiger partial charge in [-0.05, 0) is 25.3 Å². The van der Waals surface area contributed by atoms with Gasteiger partial charge in [-0.15, -0.1) is 11.3 Å². The van der Waals surface area contributed by atoms with E-state index in [1.54, 1.807) is 6.92 Å². The standard InChI is InChI=1S/C12H14N2O4S/c1-5-7(9(13)15)11(14-10(16)6-3-4-6)19-8(5)12(17)18-2/h6H,3-4H2,1-2H3,(H2,13,15)(H,14,16). The molecule has 6 nitrogen and oxygen atoms in total. The van der Waals surface area contributed by atoms with Crippen LogP contribution in [-0.4, -0.2) is 24.9 Å². The maximum atomic E-state index is 11.7. The summed E-state index contributed by atoms with van der Waals surface area (Å²) in [6, 6.07) is 0. The average Bonchev–Trinajstić information content (AvgIpc) is 3.14.